The first kappa shape index (κ1) is 10.0. The standard InChI is InChI=1S/C9H16N2O2/c1-9(2)4-5-11(9)8(13)6-7(12)10-3/h4-6H2,1-3H3,(H,10,12). The Balaban J connectivity index is 2.45. The molecule has 74 valence electrons. The van der Waals surface area contributed by atoms with E-state index in [4.69, 9.17) is 0 Å². The van der Waals surface area contributed by atoms with Gasteiger partial charge in [0.05, 0.1) is 0 Å². The van der Waals surface area contributed by atoms with Crippen molar-refractivity contribution >= 4 is 11.8 Å². The third-order valence-electron chi connectivity index (χ3n) is 2.57. The van der Waals surface area contributed by atoms with Gasteiger partial charge in [-0.3, -0.25) is 9.59 Å². The van der Waals surface area contributed by atoms with E-state index in [1.165, 1.54) is 7.05 Å². The molecule has 0 bridgehead atoms. The molecule has 4 nitrogen and oxygen atoms in total. The minimum atomic E-state index is -0.215. The smallest absolute Gasteiger partial charge is 0.232 e. The molecule has 0 aromatic rings. The van der Waals surface area contributed by atoms with Crippen molar-refractivity contribution in [3.63, 3.8) is 0 Å². The second kappa shape index (κ2) is 3.36. The third kappa shape index (κ3) is 1.99. The molecule has 1 aliphatic rings. The summed E-state index contributed by atoms with van der Waals surface area (Å²) in [4.78, 5) is 24.1. The van der Waals surface area contributed by atoms with E-state index in [0.29, 0.717) is 0 Å². The number of likely N-dealkylation sites (tertiary alicyclic amines) is 1. The summed E-state index contributed by atoms with van der Waals surface area (Å²) in [5.74, 6) is -0.289. The molecule has 0 radical (unpaired) electrons. The zero-order valence-electron chi connectivity index (χ0n) is 8.39. The minimum Gasteiger partial charge on any atom is -0.359 e. The number of amides is 2. The fourth-order valence-corrected chi connectivity index (χ4v) is 1.45. The molecule has 0 unspecified atom stereocenters. The fraction of sp³-hybridized carbons (Fsp3) is 0.778. The number of nitrogens with zero attached hydrogens (tertiary/aromatic N) is 1. The maximum absolute atomic E-state index is 11.5. The number of nitrogens with one attached hydrogen (secondary N) is 1. The maximum Gasteiger partial charge on any atom is 0.232 e. The van der Waals surface area contributed by atoms with Gasteiger partial charge in [0.25, 0.3) is 0 Å². The highest BCUT2D eigenvalue weighted by molar-refractivity contribution is 5.97. The molecule has 0 saturated carbocycles. The second-order valence-electron chi connectivity index (χ2n) is 3.96. The predicted octanol–water partition coefficient (Wildman–Crippen LogP) is 0.133. The third-order valence-corrected chi connectivity index (χ3v) is 2.57. The lowest BCUT2D eigenvalue weighted by Gasteiger charge is -2.48. The van der Waals surface area contributed by atoms with Crippen molar-refractivity contribution in [1.29, 1.82) is 0 Å². The first-order valence-electron chi connectivity index (χ1n) is 4.48. The average molecular weight is 184 g/mol. The van der Waals surface area contributed by atoms with Crippen molar-refractivity contribution in [2.45, 2.75) is 32.2 Å². The number of rotatable bonds is 2. The lowest BCUT2D eigenvalue weighted by molar-refractivity contribution is -0.147. The minimum absolute atomic E-state index is 0.0278. The van der Waals surface area contributed by atoms with Crippen LogP contribution < -0.4 is 5.32 Å². The van der Waals surface area contributed by atoms with Gasteiger partial charge in [-0.1, -0.05) is 0 Å². The van der Waals surface area contributed by atoms with Crippen LogP contribution in [0.3, 0.4) is 0 Å². The van der Waals surface area contributed by atoms with Crippen LogP contribution in [0.5, 0.6) is 0 Å². The van der Waals surface area contributed by atoms with Gasteiger partial charge in [-0.25, -0.2) is 0 Å². The highest BCUT2D eigenvalue weighted by Crippen LogP contribution is 2.29. The van der Waals surface area contributed by atoms with Crippen LogP contribution in [0.4, 0.5) is 0 Å². The van der Waals surface area contributed by atoms with E-state index in [2.05, 4.69) is 5.32 Å². The summed E-state index contributed by atoms with van der Waals surface area (Å²) in [7, 11) is 1.54. The Morgan fingerprint density at radius 1 is 1.46 bits per heavy atom. The quantitative estimate of drug-likeness (QED) is 0.620. The van der Waals surface area contributed by atoms with Crippen LogP contribution in [0.25, 0.3) is 0 Å². The number of hydrogen-bond acceptors (Lipinski definition) is 2. The Hall–Kier alpha value is -1.06. The van der Waals surface area contributed by atoms with Gasteiger partial charge in [0.15, 0.2) is 0 Å². The second-order valence-corrected chi connectivity index (χ2v) is 3.96. The molecule has 0 aliphatic carbocycles. The topological polar surface area (TPSA) is 49.4 Å². The molecule has 1 N–H and O–H groups in total. The SMILES string of the molecule is CNC(=O)CC(=O)N1CCC1(C)C. The van der Waals surface area contributed by atoms with E-state index in [9.17, 15) is 9.59 Å². The van der Waals surface area contributed by atoms with E-state index in [-0.39, 0.29) is 23.8 Å². The van der Waals surface area contributed by atoms with E-state index in [1.54, 1.807) is 4.90 Å². The molecule has 2 amide bonds. The van der Waals surface area contributed by atoms with Crippen molar-refractivity contribution < 1.29 is 9.59 Å². The van der Waals surface area contributed by atoms with Gasteiger partial charge in [-0.05, 0) is 20.3 Å². The predicted molar refractivity (Wildman–Crippen MR) is 49.1 cm³/mol. The molecule has 1 heterocycles. The highest BCUT2D eigenvalue weighted by atomic mass is 16.2. The maximum atomic E-state index is 11.5. The number of hydrogen-bond donors (Lipinski definition) is 1. The molecule has 1 saturated heterocycles. The summed E-state index contributed by atoms with van der Waals surface area (Å²) < 4.78 is 0. The molecule has 0 spiro atoms. The van der Waals surface area contributed by atoms with Gasteiger partial charge in [-0.15, -0.1) is 0 Å². The molecule has 1 rings (SSSR count). The van der Waals surface area contributed by atoms with Gasteiger partial charge in [-0.2, -0.15) is 0 Å². The first-order valence-corrected chi connectivity index (χ1v) is 4.48. The summed E-state index contributed by atoms with van der Waals surface area (Å²) in [6.45, 7) is 4.80. The van der Waals surface area contributed by atoms with E-state index in [1.807, 2.05) is 13.8 Å². The van der Waals surface area contributed by atoms with Gasteiger partial charge >= 0.3 is 0 Å². The Kier molecular flexibility index (Phi) is 2.59. The highest BCUT2D eigenvalue weighted by Gasteiger charge is 2.39. The monoisotopic (exact) mass is 184 g/mol. The van der Waals surface area contributed by atoms with Gasteiger partial charge in [0, 0.05) is 19.1 Å². The zero-order valence-corrected chi connectivity index (χ0v) is 8.39. The van der Waals surface area contributed by atoms with Crippen molar-refractivity contribution in [3.05, 3.63) is 0 Å². The Morgan fingerprint density at radius 3 is 2.38 bits per heavy atom. The average Bonchev–Trinajstić information content (AvgIpc) is 2.02. The Morgan fingerprint density at radius 2 is 2.08 bits per heavy atom. The largest absolute Gasteiger partial charge is 0.359 e. The van der Waals surface area contributed by atoms with Crippen molar-refractivity contribution in [1.82, 2.24) is 10.2 Å². The van der Waals surface area contributed by atoms with Crippen LogP contribution in [0, 0.1) is 0 Å². The van der Waals surface area contributed by atoms with E-state index >= 15 is 0 Å². The molecule has 0 aromatic heterocycles. The van der Waals surface area contributed by atoms with Crippen molar-refractivity contribution in [2.75, 3.05) is 13.6 Å². The zero-order chi connectivity index (χ0) is 10.1. The lowest BCUT2D eigenvalue weighted by Crippen LogP contribution is -2.58. The van der Waals surface area contributed by atoms with Crippen molar-refractivity contribution in [2.24, 2.45) is 0 Å². The van der Waals surface area contributed by atoms with Crippen LogP contribution in [-0.2, 0) is 9.59 Å². The molecular formula is C9H16N2O2. The van der Waals surface area contributed by atoms with Crippen LogP contribution in [0.1, 0.15) is 26.7 Å². The Labute approximate surface area is 78.3 Å². The number of carbonyl (C=O) groups is 2. The normalized spacial score (nSPS) is 19.2. The first-order chi connectivity index (χ1) is 5.97. The van der Waals surface area contributed by atoms with Crippen molar-refractivity contribution in [3.8, 4) is 0 Å². The molecule has 4 heteroatoms. The van der Waals surface area contributed by atoms with Gasteiger partial charge < -0.3 is 10.2 Å². The van der Waals surface area contributed by atoms with Crippen LogP contribution in [-0.4, -0.2) is 35.8 Å². The molecule has 0 atom stereocenters. The Bertz CT molecular complexity index is 236. The molecular weight excluding hydrogens is 168 g/mol. The fourth-order valence-electron chi connectivity index (χ4n) is 1.45. The molecule has 1 fully saturated rings. The summed E-state index contributed by atoms with van der Waals surface area (Å²) >= 11 is 0. The van der Waals surface area contributed by atoms with Gasteiger partial charge in [0.1, 0.15) is 6.42 Å². The van der Waals surface area contributed by atoms with E-state index < -0.39 is 0 Å². The van der Waals surface area contributed by atoms with Crippen LogP contribution >= 0.6 is 0 Å². The summed E-state index contributed by atoms with van der Waals surface area (Å²) in [5, 5.41) is 2.44. The summed E-state index contributed by atoms with van der Waals surface area (Å²) in [6.07, 6.45) is 0.992. The lowest BCUT2D eigenvalue weighted by atomic mass is 9.88. The summed E-state index contributed by atoms with van der Waals surface area (Å²) in [5.41, 5.74) is -0.0505. The number of carbonyl (C=O) groups excluding carboxylic acids is 2. The molecule has 13 heavy (non-hydrogen) atoms. The van der Waals surface area contributed by atoms with E-state index in [0.717, 1.165) is 13.0 Å². The molecule has 1 aliphatic heterocycles. The summed E-state index contributed by atoms with van der Waals surface area (Å²) in [6, 6.07) is 0. The van der Waals surface area contributed by atoms with Crippen LogP contribution in [0.15, 0.2) is 0 Å². The molecule has 0 aromatic carbocycles. The van der Waals surface area contributed by atoms with Gasteiger partial charge in [0.2, 0.25) is 11.8 Å². The van der Waals surface area contributed by atoms with Crippen LogP contribution in [0.2, 0.25) is 0 Å².